The van der Waals surface area contributed by atoms with E-state index in [9.17, 15) is 10.0 Å². The van der Waals surface area contributed by atoms with E-state index in [1.807, 2.05) is 18.2 Å². The maximum atomic E-state index is 13.4. The fourth-order valence-corrected chi connectivity index (χ4v) is 5.10. The van der Waals surface area contributed by atoms with Crippen molar-refractivity contribution in [1.29, 1.82) is 0 Å². The van der Waals surface area contributed by atoms with Crippen LogP contribution in [0, 0.1) is 17.0 Å². The maximum absolute atomic E-state index is 13.4. The lowest BCUT2D eigenvalue weighted by atomic mass is 9.66. The first kappa shape index (κ1) is 21.6. The quantitative estimate of drug-likeness (QED) is 0.587. The molecule has 0 radical (unpaired) electrons. The lowest BCUT2D eigenvalue weighted by Gasteiger charge is -2.37. The number of benzene rings is 1. The number of para-hydroxylation sites is 1. The first-order valence-corrected chi connectivity index (χ1v) is 10.7. The van der Waals surface area contributed by atoms with E-state index in [0.29, 0.717) is 25.9 Å². The summed E-state index contributed by atoms with van der Waals surface area (Å²) in [5.41, 5.74) is 3.34. The highest BCUT2D eigenvalue weighted by Gasteiger charge is 2.48. The smallest absolute Gasteiger partial charge is 0.318 e. The van der Waals surface area contributed by atoms with Crippen molar-refractivity contribution in [1.82, 2.24) is 10.0 Å². The van der Waals surface area contributed by atoms with E-state index in [-0.39, 0.29) is 17.8 Å². The predicted molar refractivity (Wildman–Crippen MR) is 118 cm³/mol. The van der Waals surface area contributed by atoms with Gasteiger partial charge in [-0.2, -0.15) is 0 Å². The van der Waals surface area contributed by atoms with E-state index in [1.165, 1.54) is 12.7 Å². The Kier molecular flexibility index (Phi) is 6.49. The average Bonchev–Trinajstić information content (AvgIpc) is 3.08. The van der Waals surface area contributed by atoms with Crippen LogP contribution in [0.1, 0.15) is 51.8 Å². The molecule has 5 heteroatoms. The number of nitrogens with zero attached hydrogens (tertiary/aromatic N) is 1. The molecular weight excluding hydrogens is 364 g/mol. The SMILES string of the molecule is CC/C1=C/C(C)CN([O-])CCc2c([nH]c3ccccc23)C(CC)(C(=O)OC)C1C. The number of H-pyrrole nitrogens is 1. The number of nitrogens with one attached hydrogen (secondary N) is 1. The first-order valence-electron chi connectivity index (χ1n) is 10.7. The summed E-state index contributed by atoms with van der Waals surface area (Å²) in [4.78, 5) is 16.9. The number of methoxy groups -OCH3 is 1. The van der Waals surface area contributed by atoms with Gasteiger partial charge in [0.25, 0.3) is 0 Å². The molecule has 0 spiro atoms. The summed E-state index contributed by atoms with van der Waals surface area (Å²) in [5.74, 6) is -0.131. The molecule has 0 saturated carbocycles. The molecule has 3 atom stereocenters. The van der Waals surface area contributed by atoms with Gasteiger partial charge in [-0.3, -0.25) is 4.79 Å². The molecule has 1 aromatic carbocycles. The number of aromatic amines is 1. The second-order valence-electron chi connectivity index (χ2n) is 8.27. The Labute approximate surface area is 173 Å². The topological polar surface area (TPSA) is 68.4 Å². The third kappa shape index (κ3) is 3.74. The molecule has 5 nitrogen and oxygen atoms in total. The van der Waals surface area contributed by atoms with Crippen molar-refractivity contribution >= 4 is 16.9 Å². The zero-order valence-electron chi connectivity index (χ0n) is 18.2. The first-order chi connectivity index (χ1) is 13.9. The zero-order chi connectivity index (χ0) is 21.2. The normalized spacial score (nSPS) is 28.3. The number of ether oxygens (including phenoxy) is 1. The van der Waals surface area contributed by atoms with Gasteiger partial charge in [-0.1, -0.05) is 57.5 Å². The van der Waals surface area contributed by atoms with Crippen LogP contribution in [0.5, 0.6) is 0 Å². The molecular formula is C24H33N2O3-. The molecule has 0 saturated heterocycles. The molecule has 0 bridgehead atoms. The summed E-state index contributed by atoms with van der Waals surface area (Å²) in [7, 11) is 1.47. The lowest BCUT2D eigenvalue weighted by Crippen LogP contribution is -2.44. The second-order valence-corrected chi connectivity index (χ2v) is 8.27. The van der Waals surface area contributed by atoms with Gasteiger partial charge in [-0.05, 0) is 55.8 Å². The molecule has 158 valence electrons. The van der Waals surface area contributed by atoms with Gasteiger partial charge < -0.3 is 20.0 Å². The number of carbonyl (C=O) groups is 1. The summed E-state index contributed by atoms with van der Waals surface area (Å²) < 4.78 is 5.39. The van der Waals surface area contributed by atoms with Gasteiger partial charge in [0.1, 0.15) is 5.41 Å². The summed E-state index contributed by atoms with van der Waals surface area (Å²) in [5, 5.41) is 14.8. The highest BCUT2D eigenvalue weighted by atomic mass is 16.5. The van der Waals surface area contributed by atoms with Gasteiger partial charge in [0.05, 0.1) is 7.11 Å². The van der Waals surface area contributed by atoms with Crippen molar-refractivity contribution < 1.29 is 9.53 Å². The third-order valence-corrected chi connectivity index (χ3v) is 6.67. The van der Waals surface area contributed by atoms with Crippen LogP contribution in [0.25, 0.3) is 10.9 Å². The van der Waals surface area contributed by atoms with Crippen molar-refractivity contribution in [3.8, 4) is 0 Å². The molecule has 0 fully saturated rings. The third-order valence-electron chi connectivity index (χ3n) is 6.67. The van der Waals surface area contributed by atoms with Crippen LogP contribution in [-0.2, 0) is 21.4 Å². The fraction of sp³-hybridized carbons (Fsp3) is 0.542. The minimum absolute atomic E-state index is 0.0441. The van der Waals surface area contributed by atoms with Crippen LogP contribution in [0.2, 0.25) is 0 Å². The number of hydrogen-bond donors (Lipinski definition) is 1. The summed E-state index contributed by atoms with van der Waals surface area (Å²) >= 11 is 0. The number of esters is 1. The van der Waals surface area contributed by atoms with Crippen LogP contribution >= 0.6 is 0 Å². The number of carbonyl (C=O) groups excluding carboxylic acids is 1. The van der Waals surface area contributed by atoms with E-state index < -0.39 is 5.41 Å². The standard InChI is InChI=1S/C24H33N2O3/c1-6-18-14-16(3)15-26(28)13-12-20-19-10-8-9-11-21(19)25-22(20)24(7-2,17(18)4)23(27)29-5/h8-11,14,16-17,25H,6-7,12-13,15H2,1-5H3/q-1/b18-14-. The number of hydroxylamine groups is 2. The van der Waals surface area contributed by atoms with Crippen LogP contribution < -0.4 is 0 Å². The molecule has 1 aromatic heterocycles. The Hall–Kier alpha value is -2.11. The molecule has 1 N–H and O–H groups in total. The maximum Gasteiger partial charge on any atom is 0.318 e. The Morgan fingerprint density at radius 1 is 1.31 bits per heavy atom. The number of aromatic nitrogens is 1. The summed E-state index contributed by atoms with van der Waals surface area (Å²) in [6.45, 7) is 9.25. The number of hydrogen-bond acceptors (Lipinski definition) is 4. The summed E-state index contributed by atoms with van der Waals surface area (Å²) in [6.07, 6.45) is 4.24. The summed E-state index contributed by atoms with van der Waals surface area (Å²) in [6, 6.07) is 8.10. The Bertz CT molecular complexity index is 901. The Balaban J connectivity index is 2.34. The highest BCUT2D eigenvalue weighted by Crippen LogP contribution is 2.45. The van der Waals surface area contributed by atoms with Gasteiger partial charge >= 0.3 is 5.97 Å². The van der Waals surface area contributed by atoms with E-state index in [2.05, 4.69) is 44.8 Å². The van der Waals surface area contributed by atoms with Crippen molar-refractivity contribution in [2.45, 2.75) is 52.4 Å². The molecule has 1 aliphatic heterocycles. The van der Waals surface area contributed by atoms with Gasteiger partial charge in [-0.15, -0.1) is 0 Å². The molecule has 2 heterocycles. The second kappa shape index (κ2) is 8.72. The highest BCUT2D eigenvalue weighted by molar-refractivity contribution is 5.91. The van der Waals surface area contributed by atoms with Crippen molar-refractivity contribution in [2.75, 3.05) is 20.2 Å². The molecule has 1 aliphatic rings. The fourth-order valence-electron chi connectivity index (χ4n) is 5.10. The van der Waals surface area contributed by atoms with Gasteiger partial charge in [0.15, 0.2) is 0 Å². The van der Waals surface area contributed by atoms with Crippen molar-refractivity contribution in [2.24, 2.45) is 11.8 Å². The molecule has 3 rings (SSSR count). The largest absolute Gasteiger partial charge is 0.785 e. The number of rotatable bonds is 3. The molecule has 3 unspecified atom stereocenters. The van der Waals surface area contributed by atoms with E-state index in [0.717, 1.165) is 33.6 Å². The monoisotopic (exact) mass is 397 g/mol. The van der Waals surface area contributed by atoms with Crippen LogP contribution in [0.15, 0.2) is 35.9 Å². The van der Waals surface area contributed by atoms with Crippen molar-refractivity contribution in [3.05, 3.63) is 52.4 Å². The van der Waals surface area contributed by atoms with Crippen LogP contribution in [-0.4, -0.2) is 36.2 Å². The molecule has 0 amide bonds. The van der Waals surface area contributed by atoms with Crippen LogP contribution in [0.3, 0.4) is 0 Å². The molecule has 2 aromatic rings. The van der Waals surface area contributed by atoms with E-state index >= 15 is 0 Å². The van der Waals surface area contributed by atoms with Crippen molar-refractivity contribution in [3.63, 3.8) is 0 Å². The number of fused-ring (bicyclic) bond motifs is 3. The van der Waals surface area contributed by atoms with E-state index in [4.69, 9.17) is 4.74 Å². The number of allylic oxidation sites excluding steroid dienone is 1. The zero-order valence-corrected chi connectivity index (χ0v) is 18.2. The van der Waals surface area contributed by atoms with Gasteiger partial charge in [0, 0.05) is 16.6 Å². The molecule has 29 heavy (non-hydrogen) atoms. The Morgan fingerprint density at radius 3 is 2.69 bits per heavy atom. The minimum atomic E-state index is -0.817. The minimum Gasteiger partial charge on any atom is -0.785 e. The average molecular weight is 398 g/mol. The Morgan fingerprint density at radius 2 is 2.03 bits per heavy atom. The molecule has 0 aliphatic carbocycles. The van der Waals surface area contributed by atoms with Gasteiger partial charge in [-0.25, -0.2) is 0 Å². The predicted octanol–water partition coefficient (Wildman–Crippen LogP) is 4.95. The van der Waals surface area contributed by atoms with E-state index in [1.54, 1.807) is 0 Å². The van der Waals surface area contributed by atoms with Gasteiger partial charge in [0.2, 0.25) is 0 Å². The van der Waals surface area contributed by atoms with Crippen LogP contribution in [0.4, 0.5) is 0 Å². The lowest BCUT2D eigenvalue weighted by molar-refractivity contribution is -0.149.